The van der Waals surface area contributed by atoms with E-state index in [0.717, 1.165) is 65.2 Å². The van der Waals surface area contributed by atoms with Crippen LogP contribution in [0.4, 0.5) is 11.4 Å². The number of anilines is 2. The van der Waals surface area contributed by atoms with E-state index < -0.39 is 35.7 Å². The monoisotopic (exact) mass is 1430 g/mol. The number of rotatable bonds is 30. The average molecular weight is 1430 g/mol. The number of phenolic OH excluding ortho intramolecular Hbond substituents is 2. The van der Waals surface area contributed by atoms with Crippen LogP contribution in [0.2, 0.25) is 0 Å². The maximum Gasteiger partial charge on any atom is 0.265 e. The van der Waals surface area contributed by atoms with Crippen LogP contribution in [0.1, 0.15) is 124 Å². The molecule has 2 heterocycles. The first kappa shape index (κ1) is 83.7. The molecule has 11 N–H and O–H groups in total. The van der Waals surface area contributed by atoms with E-state index in [2.05, 4.69) is 144 Å². The lowest BCUT2D eigenvalue weighted by Crippen LogP contribution is -2.37. The van der Waals surface area contributed by atoms with Crippen molar-refractivity contribution in [2.45, 2.75) is 157 Å². The van der Waals surface area contributed by atoms with Crippen molar-refractivity contribution in [2.24, 2.45) is 5.92 Å². The number of hydrogen-bond donors (Lipinski definition) is 11. The number of carbonyl (C=O) groups is 1. The number of ether oxygens (including phenoxy) is 4. The van der Waals surface area contributed by atoms with Gasteiger partial charge in [-0.2, -0.15) is 0 Å². The molecule has 1 aromatic heterocycles. The third-order valence-corrected chi connectivity index (χ3v) is 17.7. The van der Waals surface area contributed by atoms with Gasteiger partial charge in [-0.15, -0.1) is 0 Å². The number of para-hydroxylation sites is 1. The zero-order valence-electron chi connectivity index (χ0n) is 60.0. The van der Waals surface area contributed by atoms with Crippen molar-refractivity contribution < 1.29 is 71.6 Å². The number of hydrogen-bond acceptors (Lipinski definition) is 17. The van der Waals surface area contributed by atoms with Crippen LogP contribution in [0.5, 0.6) is 34.5 Å². The second kappa shape index (κ2) is 40.0. The molecule has 22 heteroatoms. The Kier molecular flexibility index (Phi) is 33.2. The van der Waals surface area contributed by atoms with E-state index in [1.165, 1.54) is 41.0 Å². The molecule has 1 aliphatic rings. The molecule has 1 unspecified atom stereocenters. The number of aliphatic hydroxyl groups is 3. The fourth-order valence-electron chi connectivity index (χ4n) is 10.1. The van der Waals surface area contributed by atoms with Crippen molar-refractivity contribution in [3.63, 3.8) is 0 Å². The molecule has 1 aliphatic heterocycles. The van der Waals surface area contributed by atoms with Crippen LogP contribution in [0.3, 0.4) is 0 Å². The Hall–Kier alpha value is -7.95. The van der Waals surface area contributed by atoms with Gasteiger partial charge in [0.15, 0.2) is 6.35 Å². The Morgan fingerprint density at radius 3 is 1.68 bits per heavy atom. The predicted molar refractivity (Wildman–Crippen MR) is 407 cm³/mol. The molecule has 6 atom stereocenters. The fourth-order valence-corrected chi connectivity index (χ4v) is 11.8. The number of sulfonamides is 1. The summed E-state index contributed by atoms with van der Waals surface area (Å²) in [6.07, 6.45) is 1.92. The highest BCUT2D eigenvalue weighted by atomic mass is 32.2. The summed E-state index contributed by atoms with van der Waals surface area (Å²) in [4.78, 5) is 21.8. The highest BCUT2D eigenvalue weighted by molar-refractivity contribution is 7.92. The van der Waals surface area contributed by atoms with Crippen LogP contribution in [0.25, 0.3) is 11.0 Å². The number of amides is 1. The molecule has 0 saturated heterocycles. The third-order valence-electron chi connectivity index (χ3n) is 15.5. The Balaban J connectivity index is 0.000000268. The smallest absolute Gasteiger partial charge is 0.265 e. The van der Waals surface area contributed by atoms with Crippen molar-refractivity contribution in [2.75, 3.05) is 68.6 Å². The number of furan rings is 1. The molecule has 0 radical (unpaired) electrons. The zero-order chi connectivity index (χ0) is 73.2. The molecule has 0 bridgehead atoms. The molecule has 20 nitrogen and oxygen atoms in total. The van der Waals surface area contributed by atoms with E-state index in [1.807, 2.05) is 49.4 Å². The number of benzene rings is 7. The van der Waals surface area contributed by atoms with E-state index in [1.54, 1.807) is 48.5 Å². The van der Waals surface area contributed by atoms with Gasteiger partial charge in [0.05, 0.1) is 17.6 Å². The normalized spacial score (nSPS) is 14.2. The maximum absolute atomic E-state index is 12.5. The van der Waals surface area contributed by atoms with E-state index >= 15 is 0 Å². The second-order valence-electron chi connectivity index (χ2n) is 28.1. The van der Waals surface area contributed by atoms with Gasteiger partial charge < -0.3 is 75.1 Å². The molecule has 0 fully saturated rings. The van der Waals surface area contributed by atoms with E-state index in [0.29, 0.717) is 60.6 Å². The first-order valence-electron chi connectivity index (χ1n) is 34.0. The minimum Gasteiger partial charge on any atom is -0.506 e. The molecule has 0 saturated carbocycles. The molecule has 552 valence electrons. The zero-order valence-corrected chi connectivity index (χ0v) is 61.7. The first-order valence-corrected chi connectivity index (χ1v) is 37.7. The first-order chi connectivity index (χ1) is 47.2. The van der Waals surface area contributed by atoms with Gasteiger partial charge in [0.25, 0.3) is 7.37 Å². The molecule has 9 rings (SSSR count). The summed E-state index contributed by atoms with van der Waals surface area (Å²) in [6.45, 7) is 26.0. The van der Waals surface area contributed by atoms with Crippen LogP contribution in [-0.2, 0) is 55.9 Å². The van der Waals surface area contributed by atoms with Crippen LogP contribution < -0.4 is 50.2 Å². The summed E-state index contributed by atoms with van der Waals surface area (Å²) < 4.78 is 65.9. The summed E-state index contributed by atoms with van der Waals surface area (Å²) in [7, 11) is -7.17. The lowest BCUT2D eigenvalue weighted by molar-refractivity contribution is -0.116. The van der Waals surface area contributed by atoms with Crippen molar-refractivity contribution in [3.8, 4) is 34.5 Å². The van der Waals surface area contributed by atoms with E-state index in [4.69, 9.17) is 23.4 Å². The summed E-state index contributed by atoms with van der Waals surface area (Å²) in [5.41, 5.74) is 7.09. The van der Waals surface area contributed by atoms with E-state index in [-0.39, 0.29) is 86.1 Å². The van der Waals surface area contributed by atoms with Crippen molar-refractivity contribution in [3.05, 3.63) is 197 Å². The standard InChI is InChI=1S/C26H33N2O8PS.C25H34N2O4.C23H29NO3.C4H10.CH4/c1-19(27-16-21(29)17-35-23-12-13-26(30)25(15-23)28-38(2,33)34)14-20-8-10-22(11-9-20)36-18-37(31,32)24-6-4-3-5-7-24;1-16(13-17-5-7-18(8-6-17)25(2,3)4)26-14-19(28)15-31-22-11-10-21(29)24-20(22)9-12-23(30)27-24;1-23(2,3)22-14-18-10-9-17(13-21(18)27-22)11-12-24-15-19(25)16-26-20-7-5-4-6-8-20;1-4(2)3;/h3-13,15,19,21,27-30H,14,16-18H2,1-2H3,(H,31,32);5-8,10-11,16,19,26,28-29H,9,12-15H2,1-4H3,(H,27,30);4-10,13-14,19,24-25H,11-12,15-16H2,1-3H3;4H,1-3H3;1H4/t19-,21+;16-,19+;19-;;/m110../s1. The Labute approximate surface area is 598 Å². The Morgan fingerprint density at radius 2 is 1.11 bits per heavy atom. The third kappa shape index (κ3) is 30.3. The Morgan fingerprint density at radius 1 is 0.594 bits per heavy atom. The highest BCUT2D eigenvalue weighted by Crippen LogP contribution is 2.40. The van der Waals surface area contributed by atoms with Crippen LogP contribution >= 0.6 is 7.37 Å². The molecule has 7 aromatic carbocycles. The lowest BCUT2D eigenvalue weighted by atomic mass is 9.86. The Bertz CT molecular complexity index is 3940. The second-order valence-corrected chi connectivity index (χ2v) is 32.0. The topological polar surface area (TPSA) is 300 Å². The van der Waals surface area contributed by atoms with E-state index in [9.17, 15) is 48.2 Å². The molecule has 0 spiro atoms. The molecule has 101 heavy (non-hydrogen) atoms. The van der Waals surface area contributed by atoms with Crippen molar-refractivity contribution >= 4 is 50.9 Å². The van der Waals surface area contributed by atoms with Gasteiger partial charge in [0, 0.05) is 65.9 Å². The average Bonchev–Trinajstić information content (AvgIpc) is 1.75. The summed E-state index contributed by atoms with van der Waals surface area (Å²) in [5.74, 6) is 3.67. The van der Waals surface area contributed by atoms with Crippen molar-refractivity contribution in [1.82, 2.24) is 16.0 Å². The highest BCUT2D eigenvalue weighted by Gasteiger charge is 2.25. The van der Waals surface area contributed by atoms with Gasteiger partial charge in [0.1, 0.15) is 84.0 Å². The van der Waals surface area contributed by atoms with Crippen LogP contribution in [0, 0.1) is 5.92 Å². The number of aliphatic hydroxyl groups excluding tert-OH is 3. The summed E-state index contributed by atoms with van der Waals surface area (Å²) >= 11 is 0. The summed E-state index contributed by atoms with van der Waals surface area (Å²) in [5, 5.41) is 64.5. The molecular formula is C79H110N5O15PS. The van der Waals surface area contributed by atoms with Gasteiger partial charge >= 0.3 is 0 Å². The molecule has 1 amide bonds. The largest absolute Gasteiger partial charge is 0.506 e. The minimum absolute atomic E-state index is 0. The summed E-state index contributed by atoms with van der Waals surface area (Å²) in [6, 6.07) is 50.0. The number of phenols is 2. The maximum atomic E-state index is 12.5. The SMILES string of the molecule is C.CC(C)(C)c1cc2ccc(CCNC[C@H](O)COc3ccccc3)cc2o1.CC(C)C.C[C@H](Cc1ccc(C(C)(C)C)cc1)NC[C@H](O)COc1ccc(O)c2c1CCC(=O)N2.C[C@H](Cc1ccc(OCP(=O)(O)c2ccccc2)cc1)NC[C@H](O)COc1ccc(O)c(NS(C)(=O)=O)c1. The van der Waals surface area contributed by atoms with Crippen LogP contribution in [0.15, 0.2) is 168 Å². The van der Waals surface area contributed by atoms with Gasteiger partial charge in [-0.3, -0.25) is 14.1 Å². The number of aromatic hydroxyl groups is 2. The van der Waals surface area contributed by atoms with Crippen LogP contribution in [-0.4, -0.2) is 134 Å². The van der Waals surface area contributed by atoms with Gasteiger partial charge in [-0.25, -0.2) is 8.42 Å². The number of carbonyl (C=O) groups excluding carboxylic acids is 1. The lowest BCUT2D eigenvalue weighted by Gasteiger charge is -2.22. The minimum atomic E-state index is -3.61. The van der Waals surface area contributed by atoms with Crippen molar-refractivity contribution in [1.29, 1.82) is 0 Å². The van der Waals surface area contributed by atoms with Gasteiger partial charge in [0.2, 0.25) is 15.9 Å². The fraction of sp³-hybridized carbons (Fsp3) is 0.430. The quantitative estimate of drug-likeness (QED) is 0.0113. The molecule has 8 aromatic rings. The molecule has 0 aliphatic carbocycles. The van der Waals surface area contributed by atoms with Gasteiger partial charge in [-0.05, 0) is 152 Å². The number of fused-ring (bicyclic) bond motifs is 2. The molecular weight excluding hydrogens is 1320 g/mol. The van der Waals surface area contributed by atoms with Gasteiger partial charge in [-0.1, -0.05) is 155 Å². The predicted octanol–water partition coefficient (Wildman–Crippen LogP) is 12.8. The number of nitrogens with one attached hydrogen (secondary N) is 5.